The summed E-state index contributed by atoms with van der Waals surface area (Å²) in [7, 11) is 0. The van der Waals surface area contributed by atoms with Crippen LogP contribution in [0, 0.1) is 0 Å². The zero-order valence-electron chi connectivity index (χ0n) is 13.6. The molecule has 1 amide bonds. The van der Waals surface area contributed by atoms with Crippen molar-refractivity contribution in [3.8, 4) is 0 Å². The summed E-state index contributed by atoms with van der Waals surface area (Å²) < 4.78 is 5.20. The molecule has 0 aromatic rings. The van der Waals surface area contributed by atoms with Gasteiger partial charge in [0.25, 0.3) is 0 Å². The van der Waals surface area contributed by atoms with Crippen LogP contribution >= 0.6 is 0 Å². The Bertz CT molecular complexity index is 399. The molecule has 2 unspecified atom stereocenters. The van der Waals surface area contributed by atoms with E-state index < -0.39 is 5.60 Å². The standard InChI is InChI=1S/C16H28N2O3/c1-11-9-12(10-18(11)13-5-6-13)17-14(19)7-8-15(20)21-16(2,3)4/h11-13H,5-10H2,1-4H3,(H,17,19). The zero-order valence-corrected chi connectivity index (χ0v) is 13.6. The van der Waals surface area contributed by atoms with Gasteiger partial charge in [0.05, 0.1) is 6.42 Å². The van der Waals surface area contributed by atoms with E-state index in [4.69, 9.17) is 4.74 Å². The van der Waals surface area contributed by atoms with Gasteiger partial charge in [-0.1, -0.05) is 0 Å². The first-order valence-electron chi connectivity index (χ1n) is 8.01. The number of hydrogen-bond donors (Lipinski definition) is 1. The smallest absolute Gasteiger partial charge is 0.306 e. The predicted octanol–water partition coefficient (Wildman–Crippen LogP) is 1.85. The lowest BCUT2D eigenvalue weighted by Crippen LogP contribution is -2.38. The molecule has 5 heteroatoms. The highest BCUT2D eigenvalue weighted by Crippen LogP contribution is 2.33. The van der Waals surface area contributed by atoms with E-state index in [-0.39, 0.29) is 30.8 Å². The molecular formula is C16H28N2O3. The Labute approximate surface area is 127 Å². The molecule has 1 heterocycles. The van der Waals surface area contributed by atoms with Crippen molar-refractivity contribution in [3.63, 3.8) is 0 Å². The first-order valence-corrected chi connectivity index (χ1v) is 8.01. The number of carbonyl (C=O) groups excluding carboxylic acids is 2. The third kappa shape index (κ3) is 5.30. The lowest BCUT2D eigenvalue weighted by atomic mass is 10.1. The summed E-state index contributed by atoms with van der Waals surface area (Å²) in [6, 6.07) is 1.52. The normalized spacial score (nSPS) is 26.7. The van der Waals surface area contributed by atoms with Gasteiger partial charge in [0.2, 0.25) is 5.91 Å². The third-order valence-electron chi connectivity index (χ3n) is 3.98. The summed E-state index contributed by atoms with van der Waals surface area (Å²) in [5, 5.41) is 3.05. The summed E-state index contributed by atoms with van der Waals surface area (Å²) in [4.78, 5) is 26.0. The van der Waals surface area contributed by atoms with Gasteiger partial charge >= 0.3 is 5.97 Å². The molecule has 0 radical (unpaired) electrons. The molecule has 2 fully saturated rings. The minimum absolute atomic E-state index is 0.0456. The van der Waals surface area contributed by atoms with Crippen LogP contribution in [0.25, 0.3) is 0 Å². The van der Waals surface area contributed by atoms with Gasteiger partial charge in [0.15, 0.2) is 0 Å². The molecule has 2 rings (SSSR count). The highest BCUT2D eigenvalue weighted by Gasteiger charge is 2.39. The second-order valence-corrected chi connectivity index (χ2v) is 7.36. The molecule has 1 saturated carbocycles. The first-order chi connectivity index (χ1) is 9.74. The second kappa shape index (κ2) is 6.34. The fourth-order valence-electron chi connectivity index (χ4n) is 2.98. The fourth-order valence-corrected chi connectivity index (χ4v) is 2.98. The summed E-state index contributed by atoms with van der Waals surface area (Å²) in [5.74, 6) is -0.354. The minimum atomic E-state index is -0.487. The van der Waals surface area contributed by atoms with E-state index in [0.29, 0.717) is 6.04 Å². The number of carbonyl (C=O) groups is 2. The number of hydrogen-bond acceptors (Lipinski definition) is 4. The van der Waals surface area contributed by atoms with Crippen molar-refractivity contribution in [1.82, 2.24) is 10.2 Å². The van der Waals surface area contributed by atoms with Crippen LogP contribution in [0.2, 0.25) is 0 Å². The van der Waals surface area contributed by atoms with Crippen molar-refractivity contribution in [2.24, 2.45) is 0 Å². The van der Waals surface area contributed by atoms with Crippen molar-refractivity contribution in [2.75, 3.05) is 6.54 Å². The number of nitrogens with zero attached hydrogens (tertiary/aromatic N) is 1. The Hall–Kier alpha value is -1.10. The van der Waals surface area contributed by atoms with E-state index in [1.165, 1.54) is 12.8 Å². The molecule has 2 aliphatic rings. The SMILES string of the molecule is CC1CC(NC(=O)CCC(=O)OC(C)(C)C)CN1C1CC1. The van der Waals surface area contributed by atoms with Crippen molar-refractivity contribution in [3.05, 3.63) is 0 Å². The van der Waals surface area contributed by atoms with Gasteiger partial charge in [-0.05, 0) is 47.0 Å². The maximum Gasteiger partial charge on any atom is 0.306 e. The number of rotatable bonds is 5. The number of esters is 1. The number of nitrogens with one attached hydrogen (secondary N) is 1. The van der Waals surface area contributed by atoms with Crippen molar-refractivity contribution in [1.29, 1.82) is 0 Å². The number of ether oxygens (including phenoxy) is 1. The number of amides is 1. The van der Waals surface area contributed by atoms with Crippen LogP contribution in [0.15, 0.2) is 0 Å². The van der Waals surface area contributed by atoms with E-state index in [1.807, 2.05) is 20.8 Å². The van der Waals surface area contributed by atoms with Crippen LogP contribution in [0.5, 0.6) is 0 Å². The van der Waals surface area contributed by atoms with Crippen molar-refractivity contribution in [2.45, 2.75) is 83.5 Å². The molecule has 21 heavy (non-hydrogen) atoms. The van der Waals surface area contributed by atoms with E-state index in [2.05, 4.69) is 17.1 Å². The Morgan fingerprint density at radius 2 is 1.90 bits per heavy atom. The molecule has 0 bridgehead atoms. The fraction of sp³-hybridized carbons (Fsp3) is 0.875. The maximum atomic E-state index is 11.9. The average molecular weight is 296 g/mol. The topological polar surface area (TPSA) is 58.6 Å². The van der Waals surface area contributed by atoms with Crippen LogP contribution in [0.1, 0.15) is 59.8 Å². The van der Waals surface area contributed by atoms with Gasteiger partial charge in [-0.2, -0.15) is 0 Å². The maximum absolute atomic E-state index is 11.9. The van der Waals surface area contributed by atoms with E-state index in [1.54, 1.807) is 0 Å². The molecule has 0 spiro atoms. The highest BCUT2D eigenvalue weighted by atomic mass is 16.6. The summed E-state index contributed by atoms with van der Waals surface area (Å²) in [5.41, 5.74) is -0.487. The van der Waals surface area contributed by atoms with Crippen LogP contribution < -0.4 is 5.32 Å². The molecule has 1 aliphatic carbocycles. The Kier molecular flexibility index (Phi) is 4.91. The van der Waals surface area contributed by atoms with Gasteiger partial charge in [0, 0.05) is 31.1 Å². The predicted molar refractivity (Wildman–Crippen MR) is 80.8 cm³/mol. The molecule has 0 aromatic heterocycles. The molecule has 5 nitrogen and oxygen atoms in total. The highest BCUT2D eigenvalue weighted by molar-refractivity contribution is 5.81. The van der Waals surface area contributed by atoms with Gasteiger partial charge in [-0.3, -0.25) is 14.5 Å². The van der Waals surface area contributed by atoms with Crippen LogP contribution in [0.3, 0.4) is 0 Å². The minimum Gasteiger partial charge on any atom is -0.460 e. The monoisotopic (exact) mass is 296 g/mol. The lowest BCUT2D eigenvalue weighted by Gasteiger charge is -2.20. The van der Waals surface area contributed by atoms with Crippen LogP contribution in [-0.2, 0) is 14.3 Å². The molecule has 2 atom stereocenters. The third-order valence-corrected chi connectivity index (χ3v) is 3.98. The largest absolute Gasteiger partial charge is 0.460 e. The van der Waals surface area contributed by atoms with Gasteiger partial charge in [0.1, 0.15) is 5.60 Å². The molecule has 1 aliphatic heterocycles. The first kappa shape index (κ1) is 16.3. The van der Waals surface area contributed by atoms with Gasteiger partial charge in [-0.25, -0.2) is 0 Å². The van der Waals surface area contributed by atoms with Crippen molar-refractivity contribution >= 4 is 11.9 Å². The van der Waals surface area contributed by atoms with Crippen LogP contribution in [-0.4, -0.2) is 47.0 Å². The average Bonchev–Trinajstić information content (AvgIpc) is 3.10. The van der Waals surface area contributed by atoms with Gasteiger partial charge < -0.3 is 10.1 Å². The lowest BCUT2D eigenvalue weighted by molar-refractivity contribution is -0.155. The number of likely N-dealkylation sites (tertiary alicyclic amines) is 1. The van der Waals surface area contributed by atoms with Crippen LogP contribution in [0.4, 0.5) is 0 Å². The molecule has 1 saturated heterocycles. The summed E-state index contributed by atoms with van der Waals surface area (Å²) in [6.45, 7) is 8.67. The quantitative estimate of drug-likeness (QED) is 0.787. The Morgan fingerprint density at radius 1 is 1.24 bits per heavy atom. The zero-order chi connectivity index (χ0) is 15.6. The molecule has 120 valence electrons. The molecule has 1 N–H and O–H groups in total. The summed E-state index contributed by atoms with van der Waals surface area (Å²) >= 11 is 0. The van der Waals surface area contributed by atoms with E-state index in [9.17, 15) is 9.59 Å². The van der Waals surface area contributed by atoms with Gasteiger partial charge in [-0.15, -0.1) is 0 Å². The summed E-state index contributed by atoms with van der Waals surface area (Å²) in [6.07, 6.45) is 3.96. The molecular weight excluding hydrogens is 268 g/mol. The van der Waals surface area contributed by atoms with E-state index in [0.717, 1.165) is 19.0 Å². The second-order valence-electron chi connectivity index (χ2n) is 7.36. The molecule has 0 aromatic carbocycles. The Morgan fingerprint density at radius 3 is 2.48 bits per heavy atom. The van der Waals surface area contributed by atoms with E-state index >= 15 is 0 Å². The van der Waals surface area contributed by atoms with Crippen molar-refractivity contribution < 1.29 is 14.3 Å². The Balaban J connectivity index is 1.67.